The first-order chi connectivity index (χ1) is 27.0. The van der Waals surface area contributed by atoms with Crippen LogP contribution >= 0.6 is 0 Å². The van der Waals surface area contributed by atoms with Crippen molar-refractivity contribution in [2.24, 2.45) is 0 Å². The third-order valence-corrected chi connectivity index (χ3v) is 10.3. The molecular weight excluding hydrogens is 695 g/mol. The summed E-state index contributed by atoms with van der Waals surface area (Å²) in [6.07, 6.45) is 2.76. The van der Waals surface area contributed by atoms with Gasteiger partial charge in [0, 0.05) is 25.0 Å². The van der Waals surface area contributed by atoms with Gasteiger partial charge < -0.3 is 44.4 Å². The number of rotatable bonds is 16. The van der Waals surface area contributed by atoms with Gasteiger partial charge in [-0.3, -0.25) is 4.79 Å². The number of phenols is 1. The molecule has 5 aromatic rings. The standard InChI is InChI=1S/C45H50N3O7/c1-3-34-28-37(45(47-34)48-22-20-46-21-23-48)33-12-7-11-31(27-33)13-18-36-41-40(38(51)29-39(55-41)32-14-16-35(50)17-15-32)43(53-25-8-24-49)44(52-2)42(36)54-26-19-30-9-5-4-6-10-30/h4-7,9-12,14-17,27-28,39,46,49-50H,3,8,13,18-26,29H2,1-2H3/q-1/p+1. The van der Waals surface area contributed by atoms with E-state index in [1.54, 1.807) is 31.4 Å². The molecule has 1 unspecified atom stereocenters. The molecule has 0 spiro atoms. The van der Waals surface area contributed by atoms with Crippen LogP contribution in [0.5, 0.6) is 28.7 Å². The highest BCUT2D eigenvalue weighted by atomic mass is 16.5. The molecular formula is C45H51N3O7. The molecule has 288 valence electrons. The van der Waals surface area contributed by atoms with Gasteiger partial charge in [0.2, 0.25) is 5.75 Å². The first kappa shape index (κ1) is 37.8. The zero-order valence-corrected chi connectivity index (χ0v) is 31.7. The fraction of sp³-hybridized carbons (Fsp3) is 0.356. The quantitative estimate of drug-likeness (QED) is 0.0758. The molecule has 0 bridgehead atoms. The fourth-order valence-electron chi connectivity index (χ4n) is 7.43. The van der Waals surface area contributed by atoms with Crippen LogP contribution in [-0.4, -0.2) is 73.9 Å². The number of aromatic hydroxyl groups is 1. The molecule has 0 radical (unpaired) electrons. The number of aryl methyl sites for hydroxylation is 2. The van der Waals surface area contributed by atoms with E-state index < -0.39 is 6.10 Å². The second-order valence-corrected chi connectivity index (χ2v) is 14.0. The van der Waals surface area contributed by atoms with Crippen LogP contribution in [0.25, 0.3) is 11.1 Å². The predicted octanol–water partition coefficient (Wildman–Crippen LogP) is 6.58. The summed E-state index contributed by atoms with van der Waals surface area (Å²) in [5, 5.41) is 23.0. The highest BCUT2D eigenvalue weighted by molar-refractivity contribution is 6.05. The Morgan fingerprint density at radius 1 is 0.873 bits per heavy atom. The number of ketones is 1. The molecule has 7 rings (SSSR count). The normalized spacial score (nSPS) is 15.4. The van der Waals surface area contributed by atoms with Crippen molar-refractivity contribution in [3.05, 3.63) is 118 Å². The third-order valence-electron chi connectivity index (χ3n) is 10.3. The highest BCUT2D eigenvalue weighted by Crippen LogP contribution is 2.53. The van der Waals surface area contributed by atoms with Crippen LogP contribution in [0.1, 0.15) is 59.4 Å². The maximum Gasteiger partial charge on any atom is 0.335 e. The van der Waals surface area contributed by atoms with E-state index in [0.29, 0.717) is 60.9 Å². The van der Waals surface area contributed by atoms with Crippen molar-refractivity contribution in [2.45, 2.75) is 51.6 Å². The molecule has 0 aliphatic carbocycles. The smallest absolute Gasteiger partial charge is 0.335 e. The van der Waals surface area contributed by atoms with Crippen molar-refractivity contribution >= 4 is 11.6 Å². The number of hydrogen-bond donors (Lipinski definition) is 3. The van der Waals surface area contributed by atoms with Crippen molar-refractivity contribution in [1.82, 2.24) is 10.3 Å². The van der Waals surface area contributed by atoms with E-state index in [9.17, 15) is 15.0 Å². The van der Waals surface area contributed by atoms with Gasteiger partial charge in [0.15, 0.2) is 17.1 Å². The number of anilines is 1. The number of aromatic nitrogens is 1. The number of aliphatic hydroxyl groups excluding tert-OH is 1. The maximum absolute atomic E-state index is 11.8. The number of phenolic OH excluding ortho intramolecular Hbond substituents is 1. The average Bonchev–Trinajstić information content (AvgIpc) is 3.66. The number of fused-ring (bicyclic) bond motifs is 1. The van der Waals surface area contributed by atoms with Gasteiger partial charge in [0.05, 0.1) is 20.3 Å². The minimum atomic E-state index is -0.521. The Morgan fingerprint density at radius 2 is 1.64 bits per heavy atom. The van der Waals surface area contributed by atoms with E-state index >= 15 is 0 Å². The molecule has 10 nitrogen and oxygen atoms in total. The molecule has 4 aromatic carbocycles. The first-order valence-electron chi connectivity index (χ1n) is 19.4. The SMILES string of the molecule is CCc1cc(-c2cccc(CCc3c(OCCc4ccccc4)c(OC)c(OCCCO)c4c3OC(c3ccc(O)cc3)CC4=[OH+])c2)c(N2CCNCC2)[n-]1. The van der Waals surface area contributed by atoms with Crippen molar-refractivity contribution in [1.29, 1.82) is 0 Å². The number of carbonyl (C=O) groups excluding carboxylic acids is 1. The Morgan fingerprint density at radius 3 is 2.38 bits per heavy atom. The van der Waals surface area contributed by atoms with Crippen molar-refractivity contribution in [2.75, 3.05) is 58.0 Å². The Hall–Kier alpha value is -5.45. The summed E-state index contributed by atoms with van der Waals surface area (Å²) >= 11 is 0. The monoisotopic (exact) mass is 745 g/mol. The van der Waals surface area contributed by atoms with E-state index in [-0.39, 0.29) is 31.2 Å². The fourth-order valence-corrected chi connectivity index (χ4v) is 7.43. The molecule has 0 amide bonds. The highest BCUT2D eigenvalue weighted by Gasteiger charge is 2.41. The lowest BCUT2D eigenvalue weighted by Gasteiger charge is -2.37. The number of piperazine rings is 1. The van der Waals surface area contributed by atoms with Gasteiger partial charge in [-0.15, -0.1) is 0 Å². The van der Waals surface area contributed by atoms with Gasteiger partial charge in [0.25, 0.3) is 0 Å². The summed E-state index contributed by atoms with van der Waals surface area (Å²) in [5.41, 5.74) is 7.64. The van der Waals surface area contributed by atoms with Crippen LogP contribution in [-0.2, 0) is 25.7 Å². The molecule has 55 heavy (non-hydrogen) atoms. The van der Waals surface area contributed by atoms with Crippen LogP contribution in [0.4, 0.5) is 5.82 Å². The third kappa shape index (κ3) is 8.61. The number of nitrogens with zero attached hydrogens (tertiary/aromatic N) is 2. The van der Waals surface area contributed by atoms with Crippen LogP contribution in [0.2, 0.25) is 0 Å². The molecule has 1 aromatic heterocycles. The van der Waals surface area contributed by atoms with Crippen LogP contribution in [0.3, 0.4) is 0 Å². The zero-order chi connectivity index (χ0) is 38.1. The Kier molecular flexibility index (Phi) is 12.2. The lowest BCUT2D eigenvalue weighted by Crippen LogP contribution is -2.44. The summed E-state index contributed by atoms with van der Waals surface area (Å²) in [6.45, 7) is 6.38. The minimum absolute atomic E-state index is 0.0471. The summed E-state index contributed by atoms with van der Waals surface area (Å²) in [7, 11) is 1.58. The minimum Gasteiger partial charge on any atom is -0.508 e. The molecule has 10 heteroatoms. The molecule has 2 aliphatic rings. The van der Waals surface area contributed by atoms with E-state index in [1.165, 1.54) is 0 Å². The molecule has 3 heterocycles. The Labute approximate surface area is 323 Å². The van der Waals surface area contributed by atoms with Gasteiger partial charge in [-0.2, -0.15) is 0 Å². The topological polar surface area (TPSA) is 128 Å². The zero-order valence-electron chi connectivity index (χ0n) is 31.7. The lowest BCUT2D eigenvalue weighted by molar-refractivity contribution is 0.190. The number of benzene rings is 4. The molecule has 1 atom stereocenters. The number of ether oxygens (including phenoxy) is 4. The number of methoxy groups -OCH3 is 1. The van der Waals surface area contributed by atoms with Crippen molar-refractivity contribution in [3.63, 3.8) is 0 Å². The Bertz CT molecular complexity index is 2060. The predicted molar refractivity (Wildman–Crippen MR) is 215 cm³/mol. The van der Waals surface area contributed by atoms with E-state index in [2.05, 4.69) is 59.6 Å². The second kappa shape index (κ2) is 17.8. The van der Waals surface area contributed by atoms with Crippen LogP contribution in [0, 0.1) is 0 Å². The molecule has 2 aliphatic heterocycles. The Balaban J connectivity index is 1.28. The number of hydrogen-bond acceptors (Lipinski definition) is 8. The number of nitrogens with one attached hydrogen (secondary N) is 1. The second-order valence-electron chi connectivity index (χ2n) is 14.0. The summed E-state index contributed by atoms with van der Waals surface area (Å²) in [4.78, 5) is 19.2. The van der Waals surface area contributed by atoms with Gasteiger partial charge in [-0.25, -0.2) is 0 Å². The number of aliphatic hydroxyl groups is 1. The van der Waals surface area contributed by atoms with Crippen LogP contribution < -0.4 is 34.1 Å². The summed E-state index contributed by atoms with van der Waals surface area (Å²) < 4.78 is 25.9. The van der Waals surface area contributed by atoms with Gasteiger partial charge in [-0.05, 0) is 85.4 Å². The van der Waals surface area contributed by atoms with Gasteiger partial charge in [-0.1, -0.05) is 91.2 Å². The van der Waals surface area contributed by atoms with Gasteiger partial charge in [0.1, 0.15) is 24.0 Å². The van der Waals surface area contributed by atoms with Crippen molar-refractivity contribution < 1.29 is 34.0 Å². The average molecular weight is 746 g/mol. The maximum atomic E-state index is 11.8. The summed E-state index contributed by atoms with van der Waals surface area (Å²) in [6, 6.07) is 27.9. The molecule has 1 fully saturated rings. The largest absolute Gasteiger partial charge is 0.508 e. The summed E-state index contributed by atoms with van der Waals surface area (Å²) in [5.74, 6) is 2.97. The van der Waals surface area contributed by atoms with Crippen molar-refractivity contribution in [3.8, 4) is 39.9 Å². The van der Waals surface area contributed by atoms with E-state index in [0.717, 1.165) is 77.5 Å². The lowest BCUT2D eigenvalue weighted by atomic mass is 9.90. The molecule has 4 N–H and O–H groups in total. The van der Waals surface area contributed by atoms with E-state index in [4.69, 9.17) is 23.9 Å². The molecule has 0 saturated carbocycles. The van der Waals surface area contributed by atoms with Crippen LogP contribution in [0.15, 0.2) is 84.9 Å². The molecule has 1 saturated heterocycles. The first-order valence-corrected chi connectivity index (χ1v) is 19.4. The van der Waals surface area contributed by atoms with E-state index in [1.807, 2.05) is 18.2 Å². The van der Waals surface area contributed by atoms with Gasteiger partial charge >= 0.3 is 5.78 Å².